The molecule has 1 N–H and O–H groups in total. The maximum atomic E-state index is 12.7. The number of amides is 3. The molecule has 1 aliphatic heterocycles. The molecule has 0 saturated heterocycles. The third kappa shape index (κ3) is 3.52. The van der Waals surface area contributed by atoms with Crippen LogP contribution in [0, 0.1) is 0 Å². The number of fused-ring (bicyclic) bond motifs is 1. The Balaban J connectivity index is 1.79. The van der Waals surface area contributed by atoms with Crippen LogP contribution in [-0.2, 0) is 4.74 Å². The summed E-state index contributed by atoms with van der Waals surface area (Å²) in [6.07, 6.45) is 2.76. The SMILES string of the molecule is CC(C)(C)OC(=O)N[C@H]1CCCCC1N1C(=O)c2ccccc2C1=O. The van der Waals surface area contributed by atoms with Crippen molar-refractivity contribution >= 4 is 17.9 Å². The number of hydrogen-bond donors (Lipinski definition) is 1. The number of imide groups is 1. The molecule has 1 aromatic rings. The molecule has 0 radical (unpaired) electrons. The summed E-state index contributed by atoms with van der Waals surface area (Å²) in [6.45, 7) is 5.40. The van der Waals surface area contributed by atoms with Crippen molar-refractivity contribution in [2.24, 2.45) is 0 Å². The number of alkyl carbamates (subject to hydrolysis) is 1. The van der Waals surface area contributed by atoms with Crippen LogP contribution < -0.4 is 5.32 Å². The highest BCUT2D eigenvalue weighted by Gasteiger charge is 2.43. The summed E-state index contributed by atoms with van der Waals surface area (Å²) < 4.78 is 5.33. The van der Waals surface area contributed by atoms with E-state index >= 15 is 0 Å². The Morgan fingerprint density at radius 2 is 1.64 bits per heavy atom. The maximum Gasteiger partial charge on any atom is 0.407 e. The monoisotopic (exact) mass is 344 g/mol. The zero-order valence-corrected chi connectivity index (χ0v) is 14.9. The lowest BCUT2D eigenvalue weighted by Gasteiger charge is -2.37. The minimum atomic E-state index is -0.593. The molecule has 1 fully saturated rings. The van der Waals surface area contributed by atoms with Crippen molar-refractivity contribution in [3.05, 3.63) is 35.4 Å². The molecule has 0 spiro atoms. The lowest BCUT2D eigenvalue weighted by molar-refractivity contribution is 0.0371. The van der Waals surface area contributed by atoms with Crippen molar-refractivity contribution < 1.29 is 19.1 Å². The molecule has 1 aromatic carbocycles. The molecule has 1 unspecified atom stereocenters. The van der Waals surface area contributed by atoms with Gasteiger partial charge < -0.3 is 10.1 Å². The summed E-state index contributed by atoms with van der Waals surface area (Å²) in [5, 5.41) is 2.86. The van der Waals surface area contributed by atoms with Crippen LogP contribution in [-0.4, -0.2) is 40.5 Å². The molecule has 1 aliphatic carbocycles. The fourth-order valence-electron chi connectivity index (χ4n) is 3.56. The van der Waals surface area contributed by atoms with Gasteiger partial charge in [0.25, 0.3) is 11.8 Å². The molecule has 2 aliphatic rings. The van der Waals surface area contributed by atoms with Gasteiger partial charge in [0.15, 0.2) is 0 Å². The highest BCUT2D eigenvalue weighted by molar-refractivity contribution is 6.21. The van der Waals surface area contributed by atoms with E-state index in [4.69, 9.17) is 4.74 Å². The first-order valence-electron chi connectivity index (χ1n) is 8.74. The summed E-state index contributed by atoms with van der Waals surface area (Å²) >= 11 is 0. The van der Waals surface area contributed by atoms with Gasteiger partial charge in [0.05, 0.1) is 23.2 Å². The van der Waals surface area contributed by atoms with Crippen molar-refractivity contribution in [2.75, 3.05) is 0 Å². The predicted octanol–water partition coefficient (Wildman–Crippen LogP) is 3.12. The van der Waals surface area contributed by atoms with Gasteiger partial charge in [-0.2, -0.15) is 0 Å². The number of nitrogens with zero attached hydrogens (tertiary/aromatic N) is 1. The fraction of sp³-hybridized carbons (Fsp3) is 0.526. The van der Waals surface area contributed by atoms with Crippen LogP contribution in [0.4, 0.5) is 4.79 Å². The zero-order valence-electron chi connectivity index (χ0n) is 14.9. The highest BCUT2D eigenvalue weighted by atomic mass is 16.6. The minimum Gasteiger partial charge on any atom is -0.444 e. The van der Waals surface area contributed by atoms with Gasteiger partial charge in [0.1, 0.15) is 5.60 Å². The second-order valence-electron chi connectivity index (χ2n) is 7.63. The number of rotatable bonds is 2. The van der Waals surface area contributed by atoms with Crippen molar-refractivity contribution in [3.63, 3.8) is 0 Å². The highest BCUT2D eigenvalue weighted by Crippen LogP contribution is 2.31. The molecule has 6 nitrogen and oxygen atoms in total. The van der Waals surface area contributed by atoms with E-state index < -0.39 is 11.7 Å². The van der Waals surface area contributed by atoms with Crippen LogP contribution in [0.3, 0.4) is 0 Å². The first kappa shape index (κ1) is 17.5. The van der Waals surface area contributed by atoms with Crippen LogP contribution in [0.25, 0.3) is 0 Å². The van der Waals surface area contributed by atoms with Crippen molar-refractivity contribution in [1.29, 1.82) is 0 Å². The lowest BCUT2D eigenvalue weighted by atomic mass is 9.89. The Morgan fingerprint density at radius 1 is 1.08 bits per heavy atom. The minimum absolute atomic E-state index is 0.275. The third-order valence-electron chi connectivity index (χ3n) is 4.59. The second-order valence-corrected chi connectivity index (χ2v) is 7.63. The van der Waals surface area contributed by atoms with Gasteiger partial charge in [0.2, 0.25) is 0 Å². The van der Waals surface area contributed by atoms with Gasteiger partial charge in [-0.25, -0.2) is 4.79 Å². The largest absolute Gasteiger partial charge is 0.444 e. The molecule has 0 aromatic heterocycles. The summed E-state index contributed by atoms with van der Waals surface area (Å²) in [5.41, 5.74) is 0.284. The lowest BCUT2D eigenvalue weighted by Crippen LogP contribution is -2.55. The van der Waals surface area contributed by atoms with E-state index in [-0.39, 0.29) is 23.9 Å². The molecule has 6 heteroatoms. The molecule has 0 bridgehead atoms. The van der Waals surface area contributed by atoms with Gasteiger partial charge in [0, 0.05) is 0 Å². The van der Waals surface area contributed by atoms with Crippen molar-refractivity contribution in [2.45, 2.75) is 64.1 Å². The average Bonchev–Trinajstić information content (AvgIpc) is 2.78. The quantitative estimate of drug-likeness (QED) is 0.837. The first-order chi connectivity index (χ1) is 11.8. The predicted molar refractivity (Wildman–Crippen MR) is 92.4 cm³/mol. The standard InChI is InChI=1S/C19H24N2O4/c1-19(2,3)25-18(24)20-14-10-6-7-11-15(14)21-16(22)12-8-4-5-9-13(12)17(21)23/h4-5,8-9,14-15H,6-7,10-11H2,1-3H3,(H,20,24)/t14-,15?/m0/s1. The topological polar surface area (TPSA) is 75.7 Å². The fourth-order valence-corrected chi connectivity index (χ4v) is 3.56. The molecule has 2 atom stereocenters. The van der Waals surface area contributed by atoms with E-state index in [0.29, 0.717) is 17.5 Å². The van der Waals surface area contributed by atoms with E-state index in [2.05, 4.69) is 5.32 Å². The number of benzene rings is 1. The summed E-state index contributed by atoms with van der Waals surface area (Å²) in [4.78, 5) is 38.9. The van der Waals surface area contributed by atoms with Gasteiger partial charge >= 0.3 is 6.09 Å². The van der Waals surface area contributed by atoms with Crippen molar-refractivity contribution in [3.8, 4) is 0 Å². The number of carbonyl (C=O) groups excluding carboxylic acids is 3. The Bertz CT molecular complexity index is 673. The number of nitrogens with one attached hydrogen (secondary N) is 1. The molecular formula is C19H24N2O4. The molecule has 1 heterocycles. The summed E-state index contributed by atoms with van der Waals surface area (Å²) in [7, 11) is 0. The number of hydrogen-bond acceptors (Lipinski definition) is 4. The van der Waals surface area contributed by atoms with Crippen molar-refractivity contribution in [1.82, 2.24) is 10.2 Å². The third-order valence-corrected chi connectivity index (χ3v) is 4.59. The molecule has 1 saturated carbocycles. The Labute approximate surface area is 147 Å². The smallest absolute Gasteiger partial charge is 0.407 e. The molecule has 3 rings (SSSR count). The van der Waals surface area contributed by atoms with Crippen LogP contribution in [0.5, 0.6) is 0 Å². The molecular weight excluding hydrogens is 320 g/mol. The maximum absolute atomic E-state index is 12.7. The Kier molecular flexibility index (Phi) is 4.54. The van der Waals surface area contributed by atoms with Crippen LogP contribution in [0.15, 0.2) is 24.3 Å². The second kappa shape index (κ2) is 6.50. The van der Waals surface area contributed by atoms with E-state index in [1.165, 1.54) is 4.90 Å². The average molecular weight is 344 g/mol. The van der Waals surface area contributed by atoms with Gasteiger partial charge in [-0.1, -0.05) is 25.0 Å². The zero-order chi connectivity index (χ0) is 18.2. The molecule has 3 amide bonds. The van der Waals surface area contributed by atoms with E-state index in [9.17, 15) is 14.4 Å². The van der Waals surface area contributed by atoms with Crippen LogP contribution in [0.1, 0.15) is 67.2 Å². The van der Waals surface area contributed by atoms with Gasteiger partial charge in [-0.15, -0.1) is 0 Å². The normalized spacial score (nSPS) is 23.4. The van der Waals surface area contributed by atoms with Gasteiger partial charge in [-0.05, 0) is 45.7 Å². The number of ether oxygens (including phenoxy) is 1. The number of carbonyl (C=O) groups is 3. The molecule has 134 valence electrons. The molecule has 25 heavy (non-hydrogen) atoms. The van der Waals surface area contributed by atoms with E-state index in [1.807, 2.05) is 0 Å². The van der Waals surface area contributed by atoms with E-state index in [1.54, 1.807) is 45.0 Å². The van der Waals surface area contributed by atoms with E-state index in [0.717, 1.165) is 19.3 Å². The Hall–Kier alpha value is -2.37. The van der Waals surface area contributed by atoms with Crippen LogP contribution >= 0.6 is 0 Å². The first-order valence-corrected chi connectivity index (χ1v) is 8.74. The van der Waals surface area contributed by atoms with Gasteiger partial charge in [-0.3, -0.25) is 14.5 Å². The van der Waals surface area contributed by atoms with Crippen LogP contribution in [0.2, 0.25) is 0 Å². The summed E-state index contributed by atoms with van der Waals surface area (Å²) in [5.74, 6) is -0.549. The summed E-state index contributed by atoms with van der Waals surface area (Å²) in [6, 6.07) is 6.23. The Morgan fingerprint density at radius 3 is 2.20 bits per heavy atom.